The number of nitrogens with zero attached hydrogens (tertiary/aromatic N) is 2. The van der Waals surface area contributed by atoms with E-state index in [4.69, 9.17) is 4.84 Å². The van der Waals surface area contributed by atoms with Crippen LogP contribution in [-0.4, -0.2) is 16.4 Å². The van der Waals surface area contributed by atoms with Crippen LogP contribution in [0.3, 0.4) is 0 Å². The average molecular weight is 211 g/mol. The summed E-state index contributed by atoms with van der Waals surface area (Å²) in [5.41, 5.74) is 5.26. The highest BCUT2D eigenvalue weighted by molar-refractivity contribution is 5.18. The molecule has 4 nitrogen and oxygen atoms in total. The second kappa shape index (κ2) is 5.28. The molecule has 1 unspecified atom stereocenters. The van der Waals surface area contributed by atoms with Crippen molar-refractivity contribution >= 4 is 0 Å². The standard InChI is InChI=1S/C11H21N3O/c1-8(2)7-15-13-10(4)11-6-14(5)12-9(11)3/h6,8,10,13H,7H2,1-5H3. The Morgan fingerprint density at radius 2 is 2.13 bits per heavy atom. The van der Waals surface area contributed by atoms with E-state index in [0.29, 0.717) is 5.92 Å². The summed E-state index contributed by atoms with van der Waals surface area (Å²) in [6.07, 6.45) is 2.02. The molecule has 0 amide bonds. The van der Waals surface area contributed by atoms with Crippen molar-refractivity contribution in [3.05, 3.63) is 17.5 Å². The Morgan fingerprint density at radius 1 is 1.47 bits per heavy atom. The van der Waals surface area contributed by atoms with E-state index in [1.54, 1.807) is 0 Å². The molecule has 0 spiro atoms. The van der Waals surface area contributed by atoms with E-state index in [0.717, 1.165) is 12.3 Å². The minimum absolute atomic E-state index is 0.178. The van der Waals surface area contributed by atoms with Gasteiger partial charge >= 0.3 is 0 Å². The van der Waals surface area contributed by atoms with Crippen LogP contribution in [0.15, 0.2) is 6.20 Å². The summed E-state index contributed by atoms with van der Waals surface area (Å²) >= 11 is 0. The van der Waals surface area contributed by atoms with E-state index in [1.807, 2.05) is 24.9 Å². The van der Waals surface area contributed by atoms with E-state index >= 15 is 0 Å². The SMILES string of the molecule is Cc1nn(C)cc1C(C)NOCC(C)C. The fourth-order valence-corrected chi connectivity index (χ4v) is 1.45. The lowest BCUT2D eigenvalue weighted by molar-refractivity contribution is 0.00396. The highest BCUT2D eigenvalue weighted by Gasteiger charge is 2.11. The second-order valence-electron chi connectivity index (χ2n) is 4.39. The fourth-order valence-electron chi connectivity index (χ4n) is 1.45. The maximum absolute atomic E-state index is 5.39. The molecule has 1 rings (SSSR count). The van der Waals surface area contributed by atoms with Crippen molar-refractivity contribution in [3.8, 4) is 0 Å². The molecule has 86 valence electrons. The molecule has 0 bridgehead atoms. The Bertz CT molecular complexity index is 307. The molecule has 0 saturated heterocycles. The van der Waals surface area contributed by atoms with Gasteiger partial charge in [-0.15, -0.1) is 0 Å². The summed E-state index contributed by atoms with van der Waals surface area (Å²) in [4.78, 5) is 5.39. The van der Waals surface area contributed by atoms with Gasteiger partial charge < -0.3 is 4.84 Å². The van der Waals surface area contributed by atoms with Gasteiger partial charge in [0.1, 0.15) is 0 Å². The van der Waals surface area contributed by atoms with Crippen LogP contribution in [0.1, 0.15) is 38.1 Å². The van der Waals surface area contributed by atoms with Crippen LogP contribution in [0, 0.1) is 12.8 Å². The third-order valence-corrected chi connectivity index (χ3v) is 2.19. The van der Waals surface area contributed by atoms with Gasteiger partial charge in [0, 0.05) is 18.8 Å². The monoisotopic (exact) mass is 211 g/mol. The van der Waals surface area contributed by atoms with Crippen LogP contribution in [0.4, 0.5) is 0 Å². The van der Waals surface area contributed by atoms with Crippen LogP contribution in [0.5, 0.6) is 0 Å². The summed E-state index contributed by atoms with van der Waals surface area (Å²) in [7, 11) is 1.93. The normalized spacial score (nSPS) is 13.5. The summed E-state index contributed by atoms with van der Waals surface area (Å²) in [5.74, 6) is 0.541. The molecule has 0 aliphatic heterocycles. The van der Waals surface area contributed by atoms with Gasteiger partial charge in [-0.25, -0.2) is 0 Å². The van der Waals surface area contributed by atoms with Gasteiger partial charge in [-0.3, -0.25) is 4.68 Å². The van der Waals surface area contributed by atoms with Crippen molar-refractivity contribution in [2.45, 2.75) is 33.7 Å². The van der Waals surface area contributed by atoms with Gasteiger partial charge in [-0.05, 0) is 19.8 Å². The maximum atomic E-state index is 5.39. The van der Waals surface area contributed by atoms with Crippen molar-refractivity contribution in [1.82, 2.24) is 15.3 Å². The van der Waals surface area contributed by atoms with Crippen LogP contribution >= 0.6 is 0 Å². The average Bonchev–Trinajstić information content (AvgIpc) is 2.44. The Labute approximate surface area is 91.6 Å². The largest absolute Gasteiger partial charge is 0.301 e. The number of hydrogen-bond donors (Lipinski definition) is 1. The number of rotatable bonds is 5. The highest BCUT2D eigenvalue weighted by Crippen LogP contribution is 2.15. The third-order valence-electron chi connectivity index (χ3n) is 2.19. The van der Waals surface area contributed by atoms with Gasteiger partial charge in [-0.2, -0.15) is 10.6 Å². The van der Waals surface area contributed by atoms with E-state index in [-0.39, 0.29) is 6.04 Å². The van der Waals surface area contributed by atoms with Gasteiger partial charge in [0.25, 0.3) is 0 Å². The first-order valence-electron chi connectivity index (χ1n) is 5.38. The van der Waals surface area contributed by atoms with E-state index in [2.05, 4.69) is 31.3 Å². The minimum Gasteiger partial charge on any atom is -0.301 e. The summed E-state index contributed by atoms with van der Waals surface area (Å²) in [6.45, 7) is 9.06. The van der Waals surface area contributed by atoms with Crippen LogP contribution in [0.2, 0.25) is 0 Å². The lowest BCUT2D eigenvalue weighted by atomic mass is 10.1. The zero-order valence-electron chi connectivity index (χ0n) is 10.2. The van der Waals surface area contributed by atoms with Crippen molar-refractivity contribution < 1.29 is 4.84 Å². The molecule has 1 heterocycles. The van der Waals surface area contributed by atoms with Gasteiger partial charge in [0.2, 0.25) is 0 Å². The number of nitrogens with one attached hydrogen (secondary N) is 1. The highest BCUT2D eigenvalue weighted by atomic mass is 16.6. The lowest BCUT2D eigenvalue weighted by Gasteiger charge is -2.14. The van der Waals surface area contributed by atoms with Crippen molar-refractivity contribution in [2.24, 2.45) is 13.0 Å². The topological polar surface area (TPSA) is 39.1 Å². The predicted octanol–water partition coefficient (Wildman–Crippen LogP) is 1.97. The molecule has 0 saturated carbocycles. The molecule has 1 aromatic heterocycles. The summed E-state index contributed by atoms with van der Waals surface area (Å²) in [5, 5.41) is 4.30. The first-order chi connectivity index (χ1) is 7.00. The Morgan fingerprint density at radius 3 is 2.60 bits per heavy atom. The van der Waals surface area contributed by atoms with Crippen molar-refractivity contribution in [3.63, 3.8) is 0 Å². The Kier molecular flexibility index (Phi) is 4.29. The van der Waals surface area contributed by atoms with Gasteiger partial charge in [0.15, 0.2) is 0 Å². The quantitative estimate of drug-likeness (QED) is 0.757. The molecule has 0 radical (unpaired) electrons. The van der Waals surface area contributed by atoms with Gasteiger partial charge in [0.05, 0.1) is 18.3 Å². The zero-order valence-corrected chi connectivity index (χ0v) is 10.2. The molecule has 0 aliphatic rings. The molecule has 1 aromatic rings. The number of aryl methyl sites for hydroxylation is 2. The number of aromatic nitrogens is 2. The molecule has 0 aromatic carbocycles. The van der Waals surface area contributed by atoms with Crippen LogP contribution in [-0.2, 0) is 11.9 Å². The van der Waals surface area contributed by atoms with Gasteiger partial charge in [-0.1, -0.05) is 13.8 Å². The number of hydroxylamine groups is 1. The van der Waals surface area contributed by atoms with Crippen LogP contribution < -0.4 is 5.48 Å². The lowest BCUT2D eigenvalue weighted by Crippen LogP contribution is -2.21. The van der Waals surface area contributed by atoms with Crippen molar-refractivity contribution in [1.29, 1.82) is 0 Å². The third kappa shape index (κ3) is 3.64. The maximum Gasteiger partial charge on any atom is 0.0705 e. The van der Waals surface area contributed by atoms with E-state index in [1.165, 1.54) is 5.56 Å². The smallest absolute Gasteiger partial charge is 0.0705 e. The summed E-state index contributed by atoms with van der Waals surface area (Å²) in [6, 6.07) is 0.178. The molecule has 15 heavy (non-hydrogen) atoms. The van der Waals surface area contributed by atoms with E-state index < -0.39 is 0 Å². The first-order valence-corrected chi connectivity index (χ1v) is 5.38. The fraction of sp³-hybridized carbons (Fsp3) is 0.727. The van der Waals surface area contributed by atoms with Crippen LogP contribution in [0.25, 0.3) is 0 Å². The molecule has 0 fully saturated rings. The molecule has 1 atom stereocenters. The summed E-state index contributed by atoms with van der Waals surface area (Å²) < 4.78 is 1.82. The zero-order chi connectivity index (χ0) is 11.4. The minimum atomic E-state index is 0.178. The molecular formula is C11H21N3O. The molecule has 0 aliphatic carbocycles. The van der Waals surface area contributed by atoms with E-state index in [9.17, 15) is 0 Å². The number of hydrogen-bond acceptors (Lipinski definition) is 3. The molecule has 1 N–H and O–H groups in total. The second-order valence-corrected chi connectivity index (χ2v) is 4.39. The predicted molar refractivity (Wildman–Crippen MR) is 60.3 cm³/mol. The first kappa shape index (κ1) is 12.2. The Balaban J connectivity index is 2.46. The molecule has 4 heteroatoms. The Hall–Kier alpha value is -0.870. The molecular weight excluding hydrogens is 190 g/mol. The van der Waals surface area contributed by atoms with Crippen molar-refractivity contribution in [2.75, 3.05) is 6.61 Å².